The Bertz CT molecular complexity index is 697. The second-order valence-electron chi connectivity index (χ2n) is 4.39. The van der Waals surface area contributed by atoms with Crippen molar-refractivity contribution in [3.05, 3.63) is 49.9 Å². The van der Waals surface area contributed by atoms with Crippen LogP contribution in [0.25, 0.3) is 0 Å². The largest absolute Gasteiger partial charge is 0.273 e. The van der Waals surface area contributed by atoms with Gasteiger partial charge in [0.25, 0.3) is 0 Å². The maximum atomic E-state index is 11.8. The van der Waals surface area contributed by atoms with Crippen molar-refractivity contribution in [2.75, 3.05) is 0 Å². The predicted molar refractivity (Wildman–Crippen MR) is 87.4 cm³/mol. The van der Waals surface area contributed by atoms with E-state index in [-0.39, 0.29) is 12.3 Å². The molecule has 0 aliphatic carbocycles. The van der Waals surface area contributed by atoms with E-state index >= 15 is 0 Å². The SMILES string of the molecule is CC(=NNC(=O)Cc1csc(C)n1)c1cc(Cl)ccc1Cl. The van der Waals surface area contributed by atoms with Gasteiger partial charge in [0.1, 0.15) is 0 Å². The van der Waals surface area contributed by atoms with E-state index in [9.17, 15) is 4.79 Å². The van der Waals surface area contributed by atoms with Gasteiger partial charge < -0.3 is 0 Å². The van der Waals surface area contributed by atoms with Crippen LogP contribution in [0.4, 0.5) is 0 Å². The van der Waals surface area contributed by atoms with Crippen molar-refractivity contribution in [2.24, 2.45) is 5.10 Å². The van der Waals surface area contributed by atoms with E-state index in [0.29, 0.717) is 21.3 Å². The van der Waals surface area contributed by atoms with Crippen LogP contribution in [0.15, 0.2) is 28.7 Å². The molecule has 0 fully saturated rings. The molecule has 1 N–H and O–H groups in total. The van der Waals surface area contributed by atoms with E-state index in [2.05, 4.69) is 15.5 Å². The Morgan fingerprint density at radius 2 is 2.19 bits per heavy atom. The zero-order valence-corrected chi connectivity index (χ0v) is 13.8. The summed E-state index contributed by atoms with van der Waals surface area (Å²) in [4.78, 5) is 16.0. The second kappa shape index (κ2) is 7.02. The number of amides is 1. The molecule has 0 spiro atoms. The van der Waals surface area contributed by atoms with Crippen LogP contribution in [0.3, 0.4) is 0 Å². The monoisotopic (exact) mass is 341 g/mol. The lowest BCUT2D eigenvalue weighted by molar-refractivity contribution is -0.120. The number of hydrazone groups is 1. The molecule has 0 aliphatic heterocycles. The summed E-state index contributed by atoms with van der Waals surface area (Å²) in [6.45, 7) is 3.65. The molecule has 0 saturated heterocycles. The van der Waals surface area contributed by atoms with Crippen LogP contribution in [0.5, 0.6) is 0 Å². The summed E-state index contributed by atoms with van der Waals surface area (Å²) in [5.74, 6) is -0.224. The van der Waals surface area contributed by atoms with Crippen LogP contribution < -0.4 is 5.43 Å². The Kier molecular flexibility index (Phi) is 5.33. The summed E-state index contributed by atoms with van der Waals surface area (Å²) in [5, 5.41) is 7.94. The number of aryl methyl sites for hydroxylation is 1. The molecule has 21 heavy (non-hydrogen) atoms. The number of benzene rings is 1. The maximum absolute atomic E-state index is 11.8. The topological polar surface area (TPSA) is 54.4 Å². The molecule has 1 amide bonds. The number of nitrogens with zero attached hydrogens (tertiary/aromatic N) is 2. The van der Waals surface area contributed by atoms with Crippen LogP contribution >= 0.6 is 34.5 Å². The van der Waals surface area contributed by atoms with E-state index in [4.69, 9.17) is 23.2 Å². The first kappa shape index (κ1) is 15.9. The fourth-order valence-corrected chi connectivity index (χ4v) is 2.71. The quantitative estimate of drug-likeness (QED) is 0.678. The highest BCUT2D eigenvalue weighted by Gasteiger charge is 2.08. The number of carbonyl (C=O) groups excluding carboxylic acids is 1. The number of nitrogens with one attached hydrogen (secondary N) is 1. The van der Waals surface area contributed by atoms with Gasteiger partial charge in [0, 0.05) is 21.0 Å². The second-order valence-corrected chi connectivity index (χ2v) is 6.30. The first-order chi connectivity index (χ1) is 9.95. The maximum Gasteiger partial charge on any atom is 0.246 e. The van der Waals surface area contributed by atoms with Crippen LogP contribution in [0.1, 0.15) is 23.2 Å². The van der Waals surface area contributed by atoms with E-state index < -0.39 is 0 Å². The van der Waals surface area contributed by atoms with Gasteiger partial charge in [-0.3, -0.25) is 4.79 Å². The van der Waals surface area contributed by atoms with Gasteiger partial charge in [-0.25, -0.2) is 10.4 Å². The molecule has 0 bridgehead atoms. The Hall–Kier alpha value is -1.43. The molecule has 2 aromatic rings. The van der Waals surface area contributed by atoms with Gasteiger partial charge in [-0.15, -0.1) is 11.3 Å². The van der Waals surface area contributed by atoms with Crippen molar-refractivity contribution in [3.8, 4) is 0 Å². The highest BCUT2D eigenvalue weighted by molar-refractivity contribution is 7.09. The molecular formula is C14H13Cl2N3OS. The van der Waals surface area contributed by atoms with Gasteiger partial charge in [-0.2, -0.15) is 5.10 Å². The molecule has 1 aromatic carbocycles. The molecule has 0 unspecified atom stereocenters. The third-order valence-corrected chi connectivity index (χ3v) is 4.06. The van der Waals surface area contributed by atoms with Crippen molar-refractivity contribution >= 4 is 46.2 Å². The van der Waals surface area contributed by atoms with Gasteiger partial charge >= 0.3 is 0 Å². The first-order valence-electron chi connectivity index (χ1n) is 6.15. The van der Waals surface area contributed by atoms with Crippen LogP contribution in [0.2, 0.25) is 10.0 Å². The molecular weight excluding hydrogens is 329 g/mol. The van der Waals surface area contributed by atoms with Gasteiger partial charge in [-0.1, -0.05) is 23.2 Å². The minimum atomic E-state index is -0.224. The van der Waals surface area contributed by atoms with E-state index in [1.807, 2.05) is 12.3 Å². The van der Waals surface area contributed by atoms with Crippen molar-refractivity contribution in [1.29, 1.82) is 0 Å². The summed E-state index contributed by atoms with van der Waals surface area (Å²) in [5.41, 5.74) is 4.51. The van der Waals surface area contributed by atoms with E-state index in [1.165, 1.54) is 11.3 Å². The lowest BCUT2D eigenvalue weighted by Crippen LogP contribution is -2.21. The van der Waals surface area contributed by atoms with Crippen molar-refractivity contribution in [3.63, 3.8) is 0 Å². The molecule has 0 radical (unpaired) electrons. The number of carbonyl (C=O) groups is 1. The Morgan fingerprint density at radius 3 is 2.86 bits per heavy atom. The molecule has 0 atom stereocenters. The minimum absolute atomic E-state index is 0.199. The van der Waals surface area contributed by atoms with Crippen LogP contribution in [0, 0.1) is 6.92 Å². The molecule has 7 heteroatoms. The average Bonchev–Trinajstić information content (AvgIpc) is 2.84. The fourth-order valence-electron chi connectivity index (χ4n) is 1.67. The van der Waals surface area contributed by atoms with Crippen molar-refractivity contribution < 1.29 is 4.79 Å². The van der Waals surface area contributed by atoms with Gasteiger partial charge in [0.05, 0.1) is 22.8 Å². The molecule has 2 rings (SSSR count). The van der Waals surface area contributed by atoms with E-state index in [1.54, 1.807) is 25.1 Å². The Balaban J connectivity index is 2.02. The zero-order chi connectivity index (χ0) is 15.4. The molecule has 0 aliphatic rings. The van der Waals surface area contributed by atoms with Crippen LogP contribution in [-0.2, 0) is 11.2 Å². The molecule has 0 saturated carbocycles. The summed E-state index contributed by atoms with van der Waals surface area (Å²) >= 11 is 13.5. The highest BCUT2D eigenvalue weighted by Crippen LogP contribution is 2.21. The molecule has 110 valence electrons. The average molecular weight is 342 g/mol. The smallest absolute Gasteiger partial charge is 0.246 e. The normalized spacial score (nSPS) is 11.5. The first-order valence-corrected chi connectivity index (χ1v) is 7.79. The summed E-state index contributed by atoms with van der Waals surface area (Å²) in [6.07, 6.45) is 0.199. The van der Waals surface area contributed by atoms with E-state index in [0.717, 1.165) is 10.7 Å². The molecule has 1 aromatic heterocycles. The number of thiazole rings is 1. The highest BCUT2D eigenvalue weighted by atomic mass is 35.5. The summed E-state index contributed by atoms with van der Waals surface area (Å²) in [6, 6.07) is 5.10. The van der Waals surface area contributed by atoms with Crippen molar-refractivity contribution in [1.82, 2.24) is 10.4 Å². The minimum Gasteiger partial charge on any atom is -0.273 e. The van der Waals surface area contributed by atoms with Crippen molar-refractivity contribution in [2.45, 2.75) is 20.3 Å². The third kappa shape index (κ3) is 4.52. The number of rotatable bonds is 4. The summed E-state index contributed by atoms with van der Waals surface area (Å²) < 4.78 is 0. The lowest BCUT2D eigenvalue weighted by atomic mass is 10.1. The number of hydrogen-bond acceptors (Lipinski definition) is 4. The van der Waals surface area contributed by atoms with Gasteiger partial charge in [-0.05, 0) is 32.0 Å². The number of hydrogen-bond donors (Lipinski definition) is 1. The summed E-state index contributed by atoms with van der Waals surface area (Å²) in [7, 11) is 0. The molecule has 1 heterocycles. The van der Waals surface area contributed by atoms with Crippen LogP contribution in [-0.4, -0.2) is 16.6 Å². The zero-order valence-electron chi connectivity index (χ0n) is 11.5. The predicted octanol–water partition coefficient (Wildman–Crippen LogP) is 3.84. The standard InChI is InChI=1S/C14H13Cl2N3OS/c1-8(12-5-10(15)3-4-13(12)16)18-19-14(20)6-11-7-21-9(2)17-11/h3-5,7H,6H2,1-2H3,(H,19,20). The lowest BCUT2D eigenvalue weighted by Gasteiger charge is -2.05. The Labute approximate surface area is 136 Å². The van der Waals surface area contributed by atoms with Gasteiger partial charge in [0.2, 0.25) is 5.91 Å². The number of halogens is 2. The molecule has 4 nitrogen and oxygen atoms in total. The Morgan fingerprint density at radius 1 is 1.43 bits per heavy atom. The number of aromatic nitrogens is 1. The van der Waals surface area contributed by atoms with Gasteiger partial charge in [0.15, 0.2) is 0 Å². The fraction of sp³-hybridized carbons (Fsp3) is 0.214. The third-order valence-electron chi connectivity index (χ3n) is 2.67.